The molecule has 2 heterocycles. The molecule has 1 N–H and O–H groups in total. The molecule has 152 valence electrons. The van der Waals surface area contributed by atoms with Crippen molar-refractivity contribution in [3.63, 3.8) is 0 Å². The minimum atomic E-state index is -0.626. The number of fused-ring (bicyclic) bond motifs is 1. The number of aryl methyl sites for hydroxylation is 1. The Balaban J connectivity index is 1.39. The molecule has 0 saturated carbocycles. The quantitative estimate of drug-likeness (QED) is 0.641. The maximum atomic E-state index is 11.4. The molecule has 0 amide bonds. The summed E-state index contributed by atoms with van der Waals surface area (Å²) in [5.74, 6) is 0.795. The molecular weight excluding hydrogens is 364 g/mol. The van der Waals surface area contributed by atoms with Gasteiger partial charge in [0.15, 0.2) is 5.78 Å². The zero-order valence-corrected chi connectivity index (χ0v) is 17.1. The lowest BCUT2D eigenvalue weighted by Crippen LogP contribution is -2.47. The standard InChI is InChI=1S/C24H28N2O3/c1-3-20-21-6-4-5-7-23(21)29-24(20)22(28)16-25-12-14-26(15-13-25)19-10-8-18(9-11-19)17(2)27/h4-11,22,28H,3,12-16H2,1-2H3. The third-order valence-corrected chi connectivity index (χ3v) is 5.83. The average molecular weight is 392 g/mol. The van der Waals surface area contributed by atoms with Crippen molar-refractivity contribution in [3.05, 3.63) is 65.4 Å². The third-order valence-electron chi connectivity index (χ3n) is 5.83. The van der Waals surface area contributed by atoms with Crippen LogP contribution < -0.4 is 4.90 Å². The van der Waals surface area contributed by atoms with Crippen LogP contribution in [0.4, 0.5) is 5.69 Å². The van der Waals surface area contributed by atoms with E-state index in [-0.39, 0.29) is 5.78 Å². The number of ketones is 1. The normalized spacial score (nSPS) is 16.3. The molecule has 0 aliphatic carbocycles. The molecule has 0 bridgehead atoms. The molecule has 0 spiro atoms. The maximum absolute atomic E-state index is 11.4. The monoisotopic (exact) mass is 392 g/mol. The van der Waals surface area contributed by atoms with Crippen LogP contribution >= 0.6 is 0 Å². The fourth-order valence-corrected chi connectivity index (χ4v) is 4.17. The Morgan fingerprint density at radius 3 is 2.41 bits per heavy atom. The molecule has 5 nitrogen and oxygen atoms in total. The third kappa shape index (κ3) is 4.07. The Kier molecular flexibility index (Phi) is 5.69. The van der Waals surface area contributed by atoms with Gasteiger partial charge < -0.3 is 14.4 Å². The summed E-state index contributed by atoms with van der Waals surface area (Å²) in [5.41, 5.74) is 3.84. The van der Waals surface area contributed by atoms with Crippen molar-refractivity contribution in [2.75, 3.05) is 37.6 Å². The molecule has 2 aromatic carbocycles. The van der Waals surface area contributed by atoms with E-state index in [2.05, 4.69) is 22.8 Å². The number of hydrogen-bond donors (Lipinski definition) is 1. The summed E-state index contributed by atoms with van der Waals surface area (Å²) in [6.45, 7) is 7.82. The highest BCUT2D eigenvalue weighted by Crippen LogP contribution is 2.31. The molecule has 1 unspecified atom stereocenters. The smallest absolute Gasteiger partial charge is 0.159 e. The van der Waals surface area contributed by atoms with Crippen LogP contribution in [0.3, 0.4) is 0 Å². The van der Waals surface area contributed by atoms with Gasteiger partial charge in [-0.05, 0) is 43.7 Å². The van der Waals surface area contributed by atoms with Crippen molar-refractivity contribution >= 4 is 22.4 Å². The zero-order chi connectivity index (χ0) is 20.4. The summed E-state index contributed by atoms with van der Waals surface area (Å²) in [4.78, 5) is 16.1. The van der Waals surface area contributed by atoms with Crippen LogP contribution in [-0.2, 0) is 6.42 Å². The molecule has 1 atom stereocenters. The van der Waals surface area contributed by atoms with Crippen molar-refractivity contribution in [2.24, 2.45) is 0 Å². The summed E-state index contributed by atoms with van der Waals surface area (Å²) in [6.07, 6.45) is 0.215. The van der Waals surface area contributed by atoms with Gasteiger partial charge in [0.25, 0.3) is 0 Å². The van der Waals surface area contributed by atoms with Crippen LogP contribution in [0.1, 0.15) is 41.6 Å². The first kappa shape index (κ1) is 19.7. The molecule has 0 radical (unpaired) electrons. The number of aliphatic hydroxyl groups excluding tert-OH is 1. The number of aliphatic hydroxyl groups is 1. The number of hydrogen-bond acceptors (Lipinski definition) is 5. The number of carbonyl (C=O) groups excluding carboxylic acids is 1. The highest BCUT2D eigenvalue weighted by molar-refractivity contribution is 5.94. The molecule has 1 aliphatic heterocycles. The largest absolute Gasteiger partial charge is 0.458 e. The number of carbonyl (C=O) groups is 1. The maximum Gasteiger partial charge on any atom is 0.159 e. The van der Waals surface area contributed by atoms with Crippen LogP contribution in [0.2, 0.25) is 0 Å². The number of furan rings is 1. The van der Waals surface area contributed by atoms with Gasteiger partial charge in [-0.2, -0.15) is 0 Å². The van der Waals surface area contributed by atoms with Gasteiger partial charge in [-0.25, -0.2) is 0 Å². The van der Waals surface area contributed by atoms with Crippen molar-refractivity contribution in [3.8, 4) is 0 Å². The second kappa shape index (κ2) is 8.39. The highest BCUT2D eigenvalue weighted by Gasteiger charge is 2.24. The van der Waals surface area contributed by atoms with Gasteiger partial charge in [-0.3, -0.25) is 9.69 Å². The summed E-state index contributed by atoms with van der Waals surface area (Å²) in [7, 11) is 0. The predicted octanol–water partition coefficient (Wildman–Crippen LogP) is 4.05. The Morgan fingerprint density at radius 1 is 1.07 bits per heavy atom. The van der Waals surface area contributed by atoms with Gasteiger partial charge in [0.05, 0.1) is 0 Å². The number of rotatable bonds is 6. The number of benzene rings is 2. The lowest BCUT2D eigenvalue weighted by Gasteiger charge is -2.36. The van der Waals surface area contributed by atoms with Crippen LogP contribution in [0.25, 0.3) is 11.0 Å². The minimum Gasteiger partial charge on any atom is -0.458 e. The molecule has 29 heavy (non-hydrogen) atoms. The second-order valence-corrected chi connectivity index (χ2v) is 7.70. The molecular formula is C24H28N2O3. The minimum absolute atomic E-state index is 0.0902. The lowest BCUT2D eigenvalue weighted by atomic mass is 10.1. The Hall–Kier alpha value is -2.63. The van der Waals surface area contributed by atoms with Gasteiger partial charge in [-0.1, -0.05) is 25.1 Å². The van der Waals surface area contributed by atoms with Gasteiger partial charge >= 0.3 is 0 Å². The topological polar surface area (TPSA) is 56.9 Å². The first-order valence-corrected chi connectivity index (χ1v) is 10.3. The summed E-state index contributed by atoms with van der Waals surface area (Å²) in [5, 5.41) is 12.0. The Bertz CT molecular complexity index is 985. The SMILES string of the molecule is CCc1c(C(O)CN2CCN(c3ccc(C(C)=O)cc3)CC2)oc2ccccc12. The van der Waals surface area contributed by atoms with Gasteiger partial charge in [0, 0.05) is 54.9 Å². The van der Waals surface area contributed by atoms with Crippen LogP contribution in [0, 0.1) is 0 Å². The molecule has 5 heteroatoms. The molecule has 1 saturated heterocycles. The molecule has 3 aromatic rings. The van der Waals surface area contributed by atoms with Gasteiger partial charge in [-0.15, -0.1) is 0 Å². The lowest BCUT2D eigenvalue weighted by molar-refractivity contribution is 0.0921. The molecule has 1 fully saturated rings. The zero-order valence-electron chi connectivity index (χ0n) is 17.1. The fourth-order valence-electron chi connectivity index (χ4n) is 4.17. The number of anilines is 1. The van der Waals surface area contributed by atoms with Crippen molar-refractivity contribution in [1.29, 1.82) is 0 Å². The van der Waals surface area contributed by atoms with Crippen LogP contribution in [0.15, 0.2) is 52.9 Å². The first-order valence-electron chi connectivity index (χ1n) is 10.3. The second-order valence-electron chi connectivity index (χ2n) is 7.70. The highest BCUT2D eigenvalue weighted by atomic mass is 16.4. The summed E-state index contributed by atoms with van der Waals surface area (Å²) in [6, 6.07) is 15.8. The van der Waals surface area contributed by atoms with E-state index in [1.54, 1.807) is 6.92 Å². The van der Waals surface area contributed by atoms with Gasteiger partial charge in [0.2, 0.25) is 0 Å². The molecule has 4 rings (SSSR count). The Morgan fingerprint density at radius 2 is 1.76 bits per heavy atom. The van der Waals surface area contributed by atoms with E-state index >= 15 is 0 Å². The number of Topliss-reactive ketones (excluding diaryl/α,β-unsaturated/α-hetero) is 1. The van der Waals surface area contributed by atoms with E-state index < -0.39 is 6.10 Å². The molecule has 1 aromatic heterocycles. The van der Waals surface area contributed by atoms with Crippen LogP contribution in [-0.4, -0.2) is 48.5 Å². The number of piperazine rings is 1. The van der Waals surface area contributed by atoms with E-state index in [0.717, 1.165) is 60.4 Å². The van der Waals surface area contributed by atoms with E-state index in [9.17, 15) is 9.90 Å². The van der Waals surface area contributed by atoms with Crippen molar-refractivity contribution in [1.82, 2.24) is 4.90 Å². The van der Waals surface area contributed by atoms with Crippen molar-refractivity contribution < 1.29 is 14.3 Å². The predicted molar refractivity (Wildman–Crippen MR) is 116 cm³/mol. The van der Waals surface area contributed by atoms with E-state index in [4.69, 9.17) is 4.42 Å². The van der Waals surface area contributed by atoms with E-state index in [0.29, 0.717) is 12.3 Å². The van der Waals surface area contributed by atoms with E-state index in [1.807, 2.05) is 42.5 Å². The number of nitrogens with zero attached hydrogens (tertiary/aromatic N) is 2. The van der Waals surface area contributed by atoms with Gasteiger partial charge in [0.1, 0.15) is 17.4 Å². The number of β-amino-alcohol motifs (C(OH)–C–C–N with tert-alkyl or cyclic N) is 1. The first-order chi connectivity index (χ1) is 14.1. The summed E-state index contributed by atoms with van der Waals surface area (Å²) < 4.78 is 6.00. The van der Waals surface area contributed by atoms with Crippen molar-refractivity contribution in [2.45, 2.75) is 26.4 Å². The van der Waals surface area contributed by atoms with E-state index in [1.165, 1.54) is 0 Å². The summed E-state index contributed by atoms with van der Waals surface area (Å²) >= 11 is 0. The Labute approximate surface area is 171 Å². The van der Waals surface area contributed by atoms with Crippen LogP contribution in [0.5, 0.6) is 0 Å². The average Bonchev–Trinajstić information content (AvgIpc) is 3.13. The number of para-hydroxylation sites is 1. The molecule has 1 aliphatic rings. The fraction of sp³-hybridized carbons (Fsp3) is 0.375.